The second-order valence-electron chi connectivity index (χ2n) is 4.59. The van der Waals surface area contributed by atoms with Crippen LogP contribution >= 0.6 is 11.8 Å². The van der Waals surface area contributed by atoms with Gasteiger partial charge >= 0.3 is 0 Å². The minimum atomic E-state index is 0.293. The Bertz CT molecular complexity index is 757. The lowest BCUT2D eigenvalue weighted by atomic mass is 10.1. The number of thioether (sulfide) groups is 1. The minimum Gasteiger partial charge on any atom is -0.368 e. The molecule has 104 valence electrons. The zero-order chi connectivity index (χ0) is 14.7. The van der Waals surface area contributed by atoms with Crippen LogP contribution in [-0.2, 0) is 0 Å². The third-order valence-electron chi connectivity index (χ3n) is 3.18. The fourth-order valence-corrected chi connectivity index (χ4v) is 2.61. The largest absolute Gasteiger partial charge is 0.368 e. The van der Waals surface area contributed by atoms with Crippen LogP contribution < -0.4 is 5.73 Å². The lowest BCUT2D eigenvalue weighted by molar-refractivity contribution is 1.19. The first-order valence-corrected chi connectivity index (χ1v) is 7.83. The number of hydrogen-bond acceptors (Lipinski definition) is 4. The summed E-state index contributed by atoms with van der Waals surface area (Å²) < 4.78 is 0. The van der Waals surface area contributed by atoms with Crippen molar-refractivity contribution in [2.75, 3.05) is 12.0 Å². The third-order valence-corrected chi connectivity index (χ3v) is 3.90. The van der Waals surface area contributed by atoms with Crippen molar-refractivity contribution in [3.8, 4) is 22.5 Å². The van der Waals surface area contributed by atoms with E-state index >= 15 is 0 Å². The molecule has 2 N–H and O–H groups in total. The molecule has 3 rings (SSSR count). The maximum atomic E-state index is 5.88. The van der Waals surface area contributed by atoms with Crippen LogP contribution in [0.15, 0.2) is 65.6 Å². The van der Waals surface area contributed by atoms with Crippen molar-refractivity contribution in [3.63, 3.8) is 0 Å². The van der Waals surface area contributed by atoms with Crippen molar-refractivity contribution >= 4 is 17.7 Å². The van der Waals surface area contributed by atoms with Gasteiger partial charge in [0.1, 0.15) is 0 Å². The van der Waals surface area contributed by atoms with Gasteiger partial charge in [0.05, 0.1) is 11.4 Å². The summed E-state index contributed by atoms with van der Waals surface area (Å²) in [6.07, 6.45) is 2.06. The van der Waals surface area contributed by atoms with Crippen LogP contribution in [0.4, 0.5) is 5.95 Å². The van der Waals surface area contributed by atoms with Crippen LogP contribution in [0.25, 0.3) is 22.5 Å². The predicted octanol–water partition coefficient (Wildman–Crippen LogP) is 4.11. The standard InChI is InChI=1S/C17H15N3S/c1-21-14-9-5-8-13(10-14)16-11-15(19-17(18)20-16)12-6-3-2-4-7-12/h2-11H,1H3,(H2,18,19,20). The molecule has 0 aliphatic rings. The molecule has 0 atom stereocenters. The van der Waals surface area contributed by atoms with Crippen molar-refractivity contribution in [3.05, 3.63) is 60.7 Å². The topological polar surface area (TPSA) is 51.8 Å². The molecule has 0 spiro atoms. The zero-order valence-electron chi connectivity index (χ0n) is 11.7. The van der Waals surface area contributed by atoms with Crippen LogP contribution in [0, 0.1) is 0 Å². The van der Waals surface area contributed by atoms with Gasteiger partial charge in [-0.2, -0.15) is 0 Å². The second-order valence-corrected chi connectivity index (χ2v) is 5.47. The summed E-state index contributed by atoms with van der Waals surface area (Å²) in [5.74, 6) is 0.293. The normalized spacial score (nSPS) is 10.5. The number of nitrogen functional groups attached to an aromatic ring is 1. The molecule has 0 aliphatic heterocycles. The molecule has 1 heterocycles. The number of hydrogen-bond donors (Lipinski definition) is 1. The first kappa shape index (κ1) is 13.6. The van der Waals surface area contributed by atoms with Gasteiger partial charge in [0, 0.05) is 16.0 Å². The summed E-state index contributed by atoms with van der Waals surface area (Å²) in [4.78, 5) is 9.90. The number of rotatable bonds is 3. The molecule has 3 aromatic rings. The molecule has 0 radical (unpaired) electrons. The lowest BCUT2D eigenvalue weighted by Crippen LogP contribution is -1.98. The van der Waals surface area contributed by atoms with Gasteiger partial charge < -0.3 is 5.73 Å². The predicted molar refractivity (Wildman–Crippen MR) is 89.1 cm³/mol. The molecule has 0 unspecified atom stereocenters. The van der Waals surface area contributed by atoms with Crippen molar-refractivity contribution < 1.29 is 0 Å². The highest BCUT2D eigenvalue weighted by Gasteiger charge is 2.07. The first-order valence-electron chi connectivity index (χ1n) is 6.60. The van der Waals surface area contributed by atoms with Gasteiger partial charge in [-0.1, -0.05) is 42.5 Å². The van der Waals surface area contributed by atoms with E-state index in [-0.39, 0.29) is 0 Å². The van der Waals surface area contributed by atoms with Gasteiger partial charge in [-0.25, -0.2) is 9.97 Å². The van der Waals surface area contributed by atoms with Crippen molar-refractivity contribution in [2.24, 2.45) is 0 Å². The highest BCUT2D eigenvalue weighted by Crippen LogP contribution is 2.26. The first-order chi connectivity index (χ1) is 10.3. The number of nitrogens with zero attached hydrogens (tertiary/aromatic N) is 2. The third kappa shape index (κ3) is 3.06. The van der Waals surface area contributed by atoms with Gasteiger partial charge in [-0.15, -0.1) is 11.8 Å². The van der Waals surface area contributed by atoms with Gasteiger partial charge in [0.25, 0.3) is 0 Å². The SMILES string of the molecule is CSc1cccc(-c2cc(-c3ccccc3)nc(N)n2)c1. The number of aromatic nitrogens is 2. The fraction of sp³-hybridized carbons (Fsp3) is 0.0588. The van der Waals surface area contributed by atoms with E-state index in [0.717, 1.165) is 22.5 Å². The van der Waals surface area contributed by atoms with E-state index in [0.29, 0.717) is 5.95 Å². The van der Waals surface area contributed by atoms with Gasteiger partial charge in [-0.05, 0) is 24.5 Å². The minimum absolute atomic E-state index is 0.293. The lowest BCUT2D eigenvalue weighted by Gasteiger charge is -2.07. The Morgan fingerprint density at radius 3 is 2.19 bits per heavy atom. The average Bonchev–Trinajstić information content (AvgIpc) is 2.55. The van der Waals surface area contributed by atoms with E-state index in [2.05, 4.69) is 28.4 Å². The maximum absolute atomic E-state index is 5.88. The highest BCUT2D eigenvalue weighted by molar-refractivity contribution is 7.98. The monoisotopic (exact) mass is 293 g/mol. The molecule has 3 nitrogen and oxygen atoms in total. The van der Waals surface area contributed by atoms with Crippen molar-refractivity contribution in [1.29, 1.82) is 0 Å². The molecular formula is C17H15N3S. The quantitative estimate of drug-likeness (QED) is 0.738. The van der Waals surface area contributed by atoms with Crippen LogP contribution in [-0.4, -0.2) is 16.2 Å². The zero-order valence-corrected chi connectivity index (χ0v) is 12.5. The van der Waals surface area contributed by atoms with Crippen LogP contribution in [0.1, 0.15) is 0 Å². The molecule has 0 fully saturated rings. The Labute approximate surface area is 128 Å². The van der Waals surface area contributed by atoms with Gasteiger partial charge in [0.2, 0.25) is 5.95 Å². The number of anilines is 1. The smallest absolute Gasteiger partial charge is 0.221 e. The van der Waals surface area contributed by atoms with E-state index in [1.54, 1.807) is 11.8 Å². The van der Waals surface area contributed by atoms with E-state index < -0.39 is 0 Å². The van der Waals surface area contributed by atoms with E-state index in [9.17, 15) is 0 Å². The number of nitrogens with two attached hydrogens (primary N) is 1. The summed E-state index contributed by atoms with van der Waals surface area (Å²) in [7, 11) is 0. The Hall–Kier alpha value is -2.33. The number of benzene rings is 2. The van der Waals surface area contributed by atoms with E-state index in [4.69, 9.17) is 5.73 Å². The highest BCUT2D eigenvalue weighted by atomic mass is 32.2. The Balaban J connectivity index is 2.09. The molecule has 1 aromatic heterocycles. The summed E-state index contributed by atoms with van der Waals surface area (Å²) in [6.45, 7) is 0. The fourth-order valence-electron chi connectivity index (χ4n) is 2.15. The van der Waals surface area contributed by atoms with Crippen LogP contribution in [0.5, 0.6) is 0 Å². The molecule has 0 amide bonds. The Morgan fingerprint density at radius 1 is 0.810 bits per heavy atom. The molecule has 0 aliphatic carbocycles. The van der Waals surface area contributed by atoms with Crippen molar-refractivity contribution in [2.45, 2.75) is 4.90 Å². The maximum Gasteiger partial charge on any atom is 0.221 e. The Kier molecular flexibility index (Phi) is 3.88. The van der Waals surface area contributed by atoms with Gasteiger partial charge in [0.15, 0.2) is 0 Å². The second kappa shape index (κ2) is 5.97. The van der Waals surface area contributed by atoms with Crippen molar-refractivity contribution in [1.82, 2.24) is 9.97 Å². The molecule has 2 aromatic carbocycles. The van der Waals surface area contributed by atoms with Gasteiger partial charge in [-0.3, -0.25) is 0 Å². The molecule has 4 heteroatoms. The van der Waals surface area contributed by atoms with E-state index in [1.807, 2.05) is 48.5 Å². The van der Waals surface area contributed by atoms with E-state index in [1.165, 1.54) is 4.90 Å². The van der Waals surface area contributed by atoms with Crippen LogP contribution in [0.3, 0.4) is 0 Å². The van der Waals surface area contributed by atoms with Crippen LogP contribution in [0.2, 0.25) is 0 Å². The molecular weight excluding hydrogens is 278 g/mol. The molecule has 0 saturated heterocycles. The molecule has 21 heavy (non-hydrogen) atoms. The summed E-state index contributed by atoms with van der Waals surface area (Å²) in [5.41, 5.74) is 9.65. The Morgan fingerprint density at radius 2 is 1.48 bits per heavy atom. The summed E-state index contributed by atoms with van der Waals surface area (Å²) in [5, 5.41) is 0. The molecule has 0 saturated carbocycles. The molecule has 0 bridgehead atoms. The summed E-state index contributed by atoms with van der Waals surface area (Å²) >= 11 is 1.71. The summed E-state index contributed by atoms with van der Waals surface area (Å²) in [6, 6.07) is 20.2. The average molecular weight is 293 g/mol.